The zero-order valence-electron chi connectivity index (χ0n) is 3.26. The highest BCUT2D eigenvalue weighted by Gasteiger charge is 2.15. The van der Waals surface area contributed by atoms with Crippen molar-refractivity contribution in [1.29, 1.82) is 0 Å². The van der Waals surface area contributed by atoms with Gasteiger partial charge >= 0.3 is 0 Å². The first-order chi connectivity index (χ1) is 2.80. The van der Waals surface area contributed by atoms with Crippen LogP contribution in [0.15, 0.2) is 11.8 Å². The smallest absolute Gasteiger partial charge is 0.117 e. The highest BCUT2D eigenvalue weighted by Crippen LogP contribution is 2.14. The molecule has 1 rings (SSSR count). The molecular formula is C4H6O2. The fourth-order valence-electron chi connectivity index (χ4n) is 0.329. The van der Waals surface area contributed by atoms with E-state index in [2.05, 4.69) is 0 Å². The minimum atomic E-state index is -0.551. The molecule has 34 valence electrons. The fourth-order valence-corrected chi connectivity index (χ4v) is 0.329. The molecule has 2 heteroatoms. The molecule has 0 aromatic heterocycles. The van der Waals surface area contributed by atoms with Gasteiger partial charge in [-0.1, -0.05) is 0 Å². The van der Waals surface area contributed by atoms with Crippen LogP contribution in [0.3, 0.4) is 0 Å². The summed E-state index contributed by atoms with van der Waals surface area (Å²) in [5, 5.41) is 16.7. The van der Waals surface area contributed by atoms with Crippen LogP contribution in [-0.4, -0.2) is 16.3 Å². The van der Waals surface area contributed by atoms with Crippen molar-refractivity contribution in [1.82, 2.24) is 0 Å². The van der Waals surface area contributed by atoms with Crippen LogP contribution in [0.2, 0.25) is 0 Å². The van der Waals surface area contributed by atoms with E-state index in [9.17, 15) is 0 Å². The molecule has 0 aromatic rings. The number of aliphatic hydroxyl groups excluding tert-OH is 2. The topological polar surface area (TPSA) is 40.5 Å². The average Bonchev–Trinajstić information content (AvgIpc) is 1.61. The Kier molecular flexibility index (Phi) is 0.601. The molecule has 0 fully saturated rings. The lowest BCUT2D eigenvalue weighted by Crippen LogP contribution is -2.16. The van der Waals surface area contributed by atoms with Crippen molar-refractivity contribution in [2.45, 2.75) is 12.5 Å². The van der Waals surface area contributed by atoms with Gasteiger partial charge in [0.15, 0.2) is 0 Å². The summed E-state index contributed by atoms with van der Waals surface area (Å²) in [6.07, 6.45) is 1.65. The minimum Gasteiger partial charge on any atom is -0.510 e. The molecule has 1 atom stereocenters. The Bertz CT molecular complexity index is 85.5. The lowest BCUT2D eigenvalue weighted by molar-refractivity contribution is 0.129. The zero-order valence-corrected chi connectivity index (χ0v) is 3.26. The number of hydrogen-bond donors (Lipinski definition) is 2. The summed E-state index contributed by atoms with van der Waals surface area (Å²) >= 11 is 0. The van der Waals surface area contributed by atoms with Crippen molar-refractivity contribution in [3.63, 3.8) is 0 Å². The third kappa shape index (κ3) is 0.303. The molecule has 1 aliphatic carbocycles. The van der Waals surface area contributed by atoms with Gasteiger partial charge in [0.1, 0.15) is 11.9 Å². The molecule has 2 nitrogen and oxygen atoms in total. The van der Waals surface area contributed by atoms with Gasteiger partial charge in [-0.05, 0) is 6.08 Å². The third-order valence-corrected chi connectivity index (χ3v) is 0.892. The predicted octanol–water partition coefficient (Wildman–Crippen LogP) is 0.193. The summed E-state index contributed by atoms with van der Waals surface area (Å²) in [5.41, 5.74) is 0. The maximum atomic E-state index is 8.40. The van der Waals surface area contributed by atoms with E-state index >= 15 is 0 Å². The Morgan fingerprint density at radius 1 is 1.83 bits per heavy atom. The maximum Gasteiger partial charge on any atom is 0.117 e. The minimum absolute atomic E-state index is 0.120. The Morgan fingerprint density at radius 3 is 2.33 bits per heavy atom. The molecule has 6 heavy (non-hydrogen) atoms. The summed E-state index contributed by atoms with van der Waals surface area (Å²) in [6, 6.07) is 0. The summed E-state index contributed by atoms with van der Waals surface area (Å²) in [7, 11) is 0. The van der Waals surface area contributed by atoms with Gasteiger partial charge in [-0.3, -0.25) is 0 Å². The van der Waals surface area contributed by atoms with Crippen LogP contribution in [0.5, 0.6) is 0 Å². The molecule has 0 bridgehead atoms. The second kappa shape index (κ2) is 0.980. The number of aliphatic hydroxyl groups is 2. The first kappa shape index (κ1) is 3.68. The van der Waals surface area contributed by atoms with Crippen LogP contribution >= 0.6 is 0 Å². The normalized spacial score (nSPS) is 31.5. The van der Waals surface area contributed by atoms with Crippen LogP contribution in [0, 0.1) is 0 Å². The van der Waals surface area contributed by atoms with E-state index in [0.29, 0.717) is 6.42 Å². The lowest BCUT2D eigenvalue weighted by Gasteiger charge is -2.14. The van der Waals surface area contributed by atoms with Gasteiger partial charge in [0.25, 0.3) is 0 Å². The standard InChI is InChI=1S/C4H6O2/c5-3-1-2-4(3)6/h1,4-6H,2H2. The lowest BCUT2D eigenvalue weighted by atomic mass is 10.1. The quantitative estimate of drug-likeness (QED) is 0.442. The molecule has 0 saturated carbocycles. The molecule has 0 spiro atoms. The van der Waals surface area contributed by atoms with Gasteiger partial charge < -0.3 is 10.2 Å². The Labute approximate surface area is 35.7 Å². The van der Waals surface area contributed by atoms with Gasteiger partial charge in [-0.2, -0.15) is 0 Å². The van der Waals surface area contributed by atoms with Gasteiger partial charge in [0.2, 0.25) is 0 Å². The van der Waals surface area contributed by atoms with Crippen molar-refractivity contribution < 1.29 is 10.2 Å². The van der Waals surface area contributed by atoms with Crippen LogP contribution in [0.25, 0.3) is 0 Å². The van der Waals surface area contributed by atoms with E-state index in [-0.39, 0.29) is 5.76 Å². The largest absolute Gasteiger partial charge is 0.510 e. The van der Waals surface area contributed by atoms with E-state index in [1.807, 2.05) is 0 Å². The first-order valence-electron chi connectivity index (χ1n) is 1.88. The van der Waals surface area contributed by atoms with Gasteiger partial charge in [-0.15, -0.1) is 0 Å². The summed E-state index contributed by atoms with van der Waals surface area (Å²) < 4.78 is 0. The van der Waals surface area contributed by atoms with Crippen molar-refractivity contribution in [3.05, 3.63) is 11.8 Å². The molecule has 0 saturated heterocycles. The van der Waals surface area contributed by atoms with Gasteiger partial charge in [-0.25, -0.2) is 0 Å². The van der Waals surface area contributed by atoms with Crippen molar-refractivity contribution in [3.8, 4) is 0 Å². The number of rotatable bonds is 0. The monoisotopic (exact) mass is 86.0 g/mol. The van der Waals surface area contributed by atoms with Crippen molar-refractivity contribution in [2.75, 3.05) is 0 Å². The molecule has 1 unspecified atom stereocenters. The molecule has 0 radical (unpaired) electrons. The molecule has 1 aliphatic rings. The highest BCUT2D eigenvalue weighted by molar-refractivity contribution is 5.10. The van der Waals surface area contributed by atoms with E-state index in [1.54, 1.807) is 6.08 Å². The first-order valence-corrected chi connectivity index (χ1v) is 1.88. The summed E-state index contributed by atoms with van der Waals surface area (Å²) in [4.78, 5) is 0. The SMILES string of the molecule is OC1=CCC1O. The highest BCUT2D eigenvalue weighted by atomic mass is 16.3. The second-order valence-electron chi connectivity index (χ2n) is 1.38. The predicted molar refractivity (Wildman–Crippen MR) is 21.3 cm³/mol. The Hall–Kier alpha value is -0.500. The molecular weight excluding hydrogens is 80.0 g/mol. The van der Waals surface area contributed by atoms with Crippen LogP contribution in [0.4, 0.5) is 0 Å². The molecule has 0 amide bonds. The molecule has 0 aliphatic heterocycles. The van der Waals surface area contributed by atoms with E-state index in [4.69, 9.17) is 10.2 Å². The Morgan fingerprint density at radius 2 is 2.33 bits per heavy atom. The zero-order chi connectivity index (χ0) is 4.57. The van der Waals surface area contributed by atoms with E-state index < -0.39 is 6.10 Å². The van der Waals surface area contributed by atoms with Crippen molar-refractivity contribution in [2.24, 2.45) is 0 Å². The van der Waals surface area contributed by atoms with Gasteiger partial charge in [0.05, 0.1) is 0 Å². The number of hydrogen-bond acceptors (Lipinski definition) is 2. The van der Waals surface area contributed by atoms with Crippen LogP contribution in [0.1, 0.15) is 6.42 Å². The maximum absolute atomic E-state index is 8.40. The van der Waals surface area contributed by atoms with E-state index in [1.165, 1.54) is 0 Å². The second-order valence-corrected chi connectivity index (χ2v) is 1.38. The average molecular weight is 86.1 g/mol. The third-order valence-electron chi connectivity index (χ3n) is 0.892. The van der Waals surface area contributed by atoms with E-state index in [0.717, 1.165) is 0 Å². The van der Waals surface area contributed by atoms with Gasteiger partial charge in [0, 0.05) is 6.42 Å². The molecule has 2 N–H and O–H groups in total. The fraction of sp³-hybridized carbons (Fsp3) is 0.500. The van der Waals surface area contributed by atoms with Crippen LogP contribution < -0.4 is 0 Å². The summed E-state index contributed by atoms with van der Waals surface area (Å²) in [5.74, 6) is 0.120. The van der Waals surface area contributed by atoms with Crippen molar-refractivity contribution >= 4 is 0 Å². The molecule has 0 heterocycles. The van der Waals surface area contributed by atoms with Crippen LogP contribution in [-0.2, 0) is 0 Å². The molecule has 0 aromatic carbocycles. The Balaban J connectivity index is 2.51. The summed E-state index contributed by atoms with van der Waals surface area (Å²) in [6.45, 7) is 0.